The summed E-state index contributed by atoms with van der Waals surface area (Å²) in [5.41, 5.74) is -0.996. The fourth-order valence-corrected chi connectivity index (χ4v) is 2.61. The molecule has 0 aromatic carbocycles. The molecule has 0 aromatic heterocycles. The van der Waals surface area contributed by atoms with Gasteiger partial charge in [-0.15, -0.1) is 0 Å². The van der Waals surface area contributed by atoms with Crippen LogP contribution in [0.15, 0.2) is 0 Å². The topological polar surface area (TPSA) is 108 Å². The Morgan fingerprint density at radius 2 is 2.10 bits per heavy atom. The monoisotopic (exact) mass is 301 g/mol. The predicted octanol–water partition coefficient (Wildman–Crippen LogP) is -0.212. The minimum atomic E-state index is -0.996. The standard InChI is InChI=1S/C13H23N3O5/c1-3-13(11(18)19)5-4-7-16(13)9-10(17)15-12(20)14-6-8-21-2/h3-9H2,1-2H3,(H,18,19)(H2,14,15,17,20). The molecule has 1 aliphatic heterocycles. The van der Waals surface area contributed by atoms with Crippen LogP contribution in [-0.4, -0.2) is 66.8 Å². The summed E-state index contributed by atoms with van der Waals surface area (Å²) in [6.07, 6.45) is 1.68. The Kier molecular flexibility index (Phi) is 6.57. The number of ether oxygens (including phenoxy) is 1. The molecule has 3 N–H and O–H groups in total. The number of nitrogens with zero attached hydrogens (tertiary/aromatic N) is 1. The van der Waals surface area contributed by atoms with Crippen molar-refractivity contribution in [1.82, 2.24) is 15.5 Å². The summed E-state index contributed by atoms with van der Waals surface area (Å²) in [6, 6.07) is -0.603. The number of hydrogen-bond donors (Lipinski definition) is 3. The van der Waals surface area contributed by atoms with Crippen LogP contribution in [0.4, 0.5) is 4.79 Å². The summed E-state index contributed by atoms with van der Waals surface area (Å²) in [5, 5.41) is 14.1. The van der Waals surface area contributed by atoms with Crippen LogP contribution in [0.1, 0.15) is 26.2 Å². The van der Waals surface area contributed by atoms with Crippen molar-refractivity contribution in [2.45, 2.75) is 31.7 Å². The number of nitrogens with one attached hydrogen (secondary N) is 2. The number of hydrogen-bond acceptors (Lipinski definition) is 5. The fraction of sp³-hybridized carbons (Fsp3) is 0.769. The Labute approximate surface area is 123 Å². The first kappa shape index (κ1) is 17.4. The summed E-state index contributed by atoms with van der Waals surface area (Å²) in [7, 11) is 1.51. The molecule has 1 aliphatic rings. The molecule has 0 saturated carbocycles. The lowest BCUT2D eigenvalue weighted by Gasteiger charge is -2.33. The van der Waals surface area contributed by atoms with Gasteiger partial charge in [0.25, 0.3) is 0 Å². The summed E-state index contributed by atoms with van der Waals surface area (Å²) >= 11 is 0. The normalized spacial score (nSPS) is 22.0. The molecular formula is C13H23N3O5. The SMILES string of the molecule is CCC1(C(=O)O)CCCN1CC(=O)NC(=O)NCCOC. The van der Waals surface area contributed by atoms with Gasteiger partial charge in [-0.3, -0.25) is 19.8 Å². The average Bonchev–Trinajstić information content (AvgIpc) is 2.82. The van der Waals surface area contributed by atoms with Gasteiger partial charge in [0.05, 0.1) is 13.2 Å². The van der Waals surface area contributed by atoms with Gasteiger partial charge in [-0.2, -0.15) is 0 Å². The smallest absolute Gasteiger partial charge is 0.324 e. The number of carboxylic acid groups (broad SMARTS) is 1. The second-order valence-corrected chi connectivity index (χ2v) is 5.01. The highest BCUT2D eigenvalue weighted by Crippen LogP contribution is 2.32. The Hall–Kier alpha value is -1.67. The molecule has 1 fully saturated rings. The van der Waals surface area contributed by atoms with E-state index in [0.29, 0.717) is 32.5 Å². The molecule has 8 heteroatoms. The van der Waals surface area contributed by atoms with Gasteiger partial charge in [-0.05, 0) is 25.8 Å². The molecule has 3 amide bonds. The van der Waals surface area contributed by atoms with Crippen LogP contribution >= 0.6 is 0 Å². The number of carbonyl (C=O) groups excluding carboxylic acids is 2. The molecule has 1 unspecified atom stereocenters. The molecule has 1 atom stereocenters. The molecular weight excluding hydrogens is 278 g/mol. The van der Waals surface area contributed by atoms with E-state index in [9.17, 15) is 19.5 Å². The van der Waals surface area contributed by atoms with Crippen molar-refractivity contribution in [3.05, 3.63) is 0 Å². The quantitative estimate of drug-likeness (QED) is 0.561. The zero-order valence-corrected chi connectivity index (χ0v) is 12.5. The van der Waals surface area contributed by atoms with Crippen molar-refractivity contribution in [1.29, 1.82) is 0 Å². The molecule has 0 radical (unpaired) electrons. The van der Waals surface area contributed by atoms with Gasteiger partial charge in [0.15, 0.2) is 0 Å². The molecule has 1 saturated heterocycles. The molecule has 0 spiro atoms. The minimum Gasteiger partial charge on any atom is -0.480 e. The van der Waals surface area contributed by atoms with E-state index in [1.807, 2.05) is 0 Å². The van der Waals surface area contributed by atoms with Crippen molar-refractivity contribution >= 4 is 17.9 Å². The Morgan fingerprint density at radius 3 is 2.67 bits per heavy atom. The first-order valence-electron chi connectivity index (χ1n) is 7.01. The maximum absolute atomic E-state index is 11.8. The highest BCUT2D eigenvalue weighted by Gasteiger charge is 2.46. The second-order valence-electron chi connectivity index (χ2n) is 5.01. The zero-order valence-electron chi connectivity index (χ0n) is 12.5. The van der Waals surface area contributed by atoms with E-state index >= 15 is 0 Å². The molecule has 8 nitrogen and oxygen atoms in total. The molecule has 0 bridgehead atoms. The molecule has 120 valence electrons. The molecule has 1 heterocycles. The summed E-state index contributed by atoms with van der Waals surface area (Å²) in [5.74, 6) is -1.43. The molecule has 1 rings (SSSR count). The number of aliphatic carboxylic acids is 1. The van der Waals surface area contributed by atoms with Crippen LogP contribution in [0.2, 0.25) is 0 Å². The van der Waals surface area contributed by atoms with Crippen molar-refractivity contribution < 1.29 is 24.2 Å². The third kappa shape index (κ3) is 4.40. The number of imide groups is 1. The van der Waals surface area contributed by atoms with Gasteiger partial charge in [-0.1, -0.05) is 6.92 Å². The maximum atomic E-state index is 11.8. The number of carboxylic acids is 1. The Morgan fingerprint density at radius 1 is 1.38 bits per heavy atom. The van der Waals surface area contributed by atoms with E-state index in [2.05, 4.69) is 10.6 Å². The predicted molar refractivity (Wildman–Crippen MR) is 74.9 cm³/mol. The number of amides is 3. The van der Waals surface area contributed by atoms with E-state index < -0.39 is 23.4 Å². The number of methoxy groups -OCH3 is 1. The average molecular weight is 301 g/mol. The van der Waals surface area contributed by atoms with E-state index in [1.165, 1.54) is 7.11 Å². The van der Waals surface area contributed by atoms with Gasteiger partial charge in [0, 0.05) is 13.7 Å². The van der Waals surface area contributed by atoms with Crippen LogP contribution < -0.4 is 10.6 Å². The molecule has 21 heavy (non-hydrogen) atoms. The van der Waals surface area contributed by atoms with Gasteiger partial charge >= 0.3 is 12.0 Å². The number of carbonyl (C=O) groups is 3. The van der Waals surface area contributed by atoms with Crippen LogP contribution in [0.3, 0.4) is 0 Å². The summed E-state index contributed by atoms with van der Waals surface area (Å²) < 4.78 is 4.77. The number of rotatable bonds is 7. The van der Waals surface area contributed by atoms with Crippen LogP contribution in [0.5, 0.6) is 0 Å². The van der Waals surface area contributed by atoms with Crippen molar-refractivity contribution in [2.24, 2.45) is 0 Å². The first-order valence-corrected chi connectivity index (χ1v) is 7.01. The van der Waals surface area contributed by atoms with E-state index in [1.54, 1.807) is 11.8 Å². The van der Waals surface area contributed by atoms with E-state index in [0.717, 1.165) is 6.42 Å². The van der Waals surface area contributed by atoms with Crippen molar-refractivity contribution in [3.8, 4) is 0 Å². The molecule has 0 aromatic rings. The van der Waals surface area contributed by atoms with Crippen LogP contribution in [0.25, 0.3) is 0 Å². The highest BCUT2D eigenvalue weighted by atomic mass is 16.5. The van der Waals surface area contributed by atoms with Crippen LogP contribution in [-0.2, 0) is 14.3 Å². The van der Waals surface area contributed by atoms with Gasteiger partial charge in [-0.25, -0.2) is 4.79 Å². The van der Waals surface area contributed by atoms with Crippen molar-refractivity contribution in [2.75, 3.05) is 33.4 Å². The van der Waals surface area contributed by atoms with Gasteiger partial charge in [0.1, 0.15) is 5.54 Å². The second kappa shape index (κ2) is 7.94. The molecule has 0 aliphatic carbocycles. The first-order chi connectivity index (χ1) is 9.96. The lowest BCUT2D eigenvalue weighted by Crippen LogP contribution is -2.54. The lowest BCUT2D eigenvalue weighted by atomic mass is 9.93. The Bertz CT molecular complexity index is 401. The minimum absolute atomic E-state index is 0.0994. The summed E-state index contributed by atoms with van der Waals surface area (Å²) in [6.45, 7) is 2.89. The third-order valence-electron chi connectivity index (χ3n) is 3.79. The largest absolute Gasteiger partial charge is 0.480 e. The van der Waals surface area contributed by atoms with Gasteiger partial charge < -0.3 is 15.2 Å². The zero-order chi connectivity index (χ0) is 15.9. The van der Waals surface area contributed by atoms with Crippen molar-refractivity contribution in [3.63, 3.8) is 0 Å². The summed E-state index contributed by atoms with van der Waals surface area (Å²) in [4.78, 5) is 36.4. The number of likely N-dealkylation sites (tertiary alicyclic amines) is 1. The van der Waals surface area contributed by atoms with E-state index in [-0.39, 0.29) is 6.54 Å². The third-order valence-corrected chi connectivity index (χ3v) is 3.79. The lowest BCUT2D eigenvalue weighted by molar-refractivity contribution is -0.150. The van der Waals surface area contributed by atoms with Crippen LogP contribution in [0, 0.1) is 0 Å². The Balaban J connectivity index is 2.50. The maximum Gasteiger partial charge on any atom is 0.324 e. The fourth-order valence-electron chi connectivity index (χ4n) is 2.61. The highest BCUT2D eigenvalue weighted by molar-refractivity contribution is 5.95. The number of urea groups is 1. The van der Waals surface area contributed by atoms with Gasteiger partial charge in [0.2, 0.25) is 5.91 Å². The van der Waals surface area contributed by atoms with E-state index in [4.69, 9.17) is 4.74 Å².